The SMILES string of the molecule is Cc1ccccc1C(=O)NNC(=O)c1ccc(-c2ccccc2)cc1. The van der Waals surface area contributed by atoms with Crippen LogP contribution in [0.15, 0.2) is 78.9 Å². The third-order valence-electron chi connectivity index (χ3n) is 3.93. The fourth-order valence-corrected chi connectivity index (χ4v) is 2.53. The van der Waals surface area contributed by atoms with Gasteiger partial charge in [-0.3, -0.25) is 20.4 Å². The molecule has 0 unspecified atom stereocenters. The smallest absolute Gasteiger partial charge is 0.267 e. The average Bonchev–Trinajstić information content (AvgIpc) is 2.67. The van der Waals surface area contributed by atoms with Crippen molar-refractivity contribution in [2.45, 2.75) is 6.92 Å². The van der Waals surface area contributed by atoms with Crippen molar-refractivity contribution in [3.8, 4) is 11.1 Å². The van der Waals surface area contributed by atoms with Crippen LogP contribution in [0, 0.1) is 6.92 Å². The predicted octanol–water partition coefficient (Wildman–Crippen LogP) is 3.74. The predicted molar refractivity (Wildman–Crippen MR) is 98.0 cm³/mol. The molecule has 0 radical (unpaired) electrons. The second kappa shape index (κ2) is 7.45. The summed E-state index contributed by atoms with van der Waals surface area (Å²) >= 11 is 0. The summed E-state index contributed by atoms with van der Waals surface area (Å²) in [5.41, 5.74) is 8.86. The average molecular weight is 330 g/mol. The number of rotatable bonds is 3. The molecule has 0 aliphatic rings. The maximum Gasteiger partial charge on any atom is 0.269 e. The molecule has 0 fully saturated rings. The van der Waals surface area contributed by atoms with E-state index in [-0.39, 0.29) is 11.8 Å². The van der Waals surface area contributed by atoms with Gasteiger partial charge in [-0.1, -0.05) is 60.7 Å². The lowest BCUT2D eigenvalue weighted by atomic mass is 10.0. The van der Waals surface area contributed by atoms with Crippen LogP contribution in [0.2, 0.25) is 0 Å². The van der Waals surface area contributed by atoms with Gasteiger partial charge in [0.25, 0.3) is 11.8 Å². The molecule has 3 aromatic rings. The van der Waals surface area contributed by atoms with E-state index in [2.05, 4.69) is 10.9 Å². The summed E-state index contributed by atoms with van der Waals surface area (Å²) in [4.78, 5) is 24.3. The van der Waals surface area contributed by atoms with Crippen molar-refractivity contribution in [1.29, 1.82) is 0 Å². The molecule has 4 heteroatoms. The van der Waals surface area contributed by atoms with Crippen LogP contribution in [0.5, 0.6) is 0 Å². The lowest BCUT2D eigenvalue weighted by Crippen LogP contribution is -2.41. The van der Waals surface area contributed by atoms with E-state index in [1.165, 1.54) is 0 Å². The normalized spacial score (nSPS) is 10.1. The van der Waals surface area contributed by atoms with Crippen LogP contribution in [-0.4, -0.2) is 11.8 Å². The Kier molecular flexibility index (Phi) is 4.90. The molecule has 124 valence electrons. The summed E-state index contributed by atoms with van der Waals surface area (Å²) in [5, 5.41) is 0. The quantitative estimate of drug-likeness (QED) is 0.719. The van der Waals surface area contributed by atoms with Crippen molar-refractivity contribution in [3.05, 3.63) is 95.6 Å². The zero-order chi connectivity index (χ0) is 17.6. The second-order valence-corrected chi connectivity index (χ2v) is 5.67. The summed E-state index contributed by atoms with van der Waals surface area (Å²) in [6.07, 6.45) is 0. The number of aryl methyl sites for hydroxylation is 1. The zero-order valence-electron chi connectivity index (χ0n) is 13.8. The van der Waals surface area contributed by atoms with Crippen LogP contribution in [0.4, 0.5) is 0 Å². The van der Waals surface area contributed by atoms with Gasteiger partial charge in [-0.25, -0.2) is 0 Å². The molecule has 25 heavy (non-hydrogen) atoms. The van der Waals surface area contributed by atoms with Crippen LogP contribution in [0.1, 0.15) is 26.3 Å². The third-order valence-corrected chi connectivity index (χ3v) is 3.93. The number of carbonyl (C=O) groups is 2. The summed E-state index contributed by atoms with van der Waals surface area (Å²) < 4.78 is 0. The molecule has 2 N–H and O–H groups in total. The molecule has 0 spiro atoms. The van der Waals surface area contributed by atoms with Crippen LogP contribution >= 0.6 is 0 Å². The van der Waals surface area contributed by atoms with E-state index in [9.17, 15) is 9.59 Å². The number of hydrazine groups is 1. The van der Waals surface area contributed by atoms with E-state index in [4.69, 9.17) is 0 Å². The van der Waals surface area contributed by atoms with E-state index >= 15 is 0 Å². The number of hydrogen-bond acceptors (Lipinski definition) is 2. The van der Waals surface area contributed by atoms with Gasteiger partial charge in [0.2, 0.25) is 0 Å². The van der Waals surface area contributed by atoms with Crippen LogP contribution in [-0.2, 0) is 0 Å². The molecule has 0 bridgehead atoms. The van der Waals surface area contributed by atoms with Crippen molar-refractivity contribution in [3.63, 3.8) is 0 Å². The van der Waals surface area contributed by atoms with Gasteiger partial charge in [0.15, 0.2) is 0 Å². The largest absolute Gasteiger partial charge is 0.269 e. The summed E-state index contributed by atoms with van der Waals surface area (Å²) in [5.74, 6) is -0.700. The highest BCUT2D eigenvalue weighted by atomic mass is 16.2. The first-order valence-corrected chi connectivity index (χ1v) is 7.97. The Balaban J connectivity index is 1.64. The Hall–Kier alpha value is -3.40. The minimum Gasteiger partial charge on any atom is -0.267 e. The highest BCUT2D eigenvalue weighted by molar-refractivity contribution is 5.99. The van der Waals surface area contributed by atoms with Crippen molar-refractivity contribution in [1.82, 2.24) is 10.9 Å². The number of hydrogen-bond donors (Lipinski definition) is 2. The Labute approximate surface area is 146 Å². The van der Waals surface area contributed by atoms with Gasteiger partial charge >= 0.3 is 0 Å². The van der Waals surface area contributed by atoms with Crippen molar-refractivity contribution in [2.24, 2.45) is 0 Å². The Bertz CT molecular complexity index is 887. The van der Waals surface area contributed by atoms with E-state index in [1.54, 1.807) is 24.3 Å². The van der Waals surface area contributed by atoms with Gasteiger partial charge in [-0.15, -0.1) is 0 Å². The molecule has 0 atom stereocenters. The second-order valence-electron chi connectivity index (χ2n) is 5.67. The summed E-state index contributed by atoms with van der Waals surface area (Å²) in [6.45, 7) is 1.85. The highest BCUT2D eigenvalue weighted by Gasteiger charge is 2.10. The van der Waals surface area contributed by atoms with Gasteiger partial charge < -0.3 is 0 Å². The Morgan fingerprint density at radius 3 is 1.88 bits per heavy atom. The monoisotopic (exact) mass is 330 g/mol. The maximum absolute atomic E-state index is 12.2. The molecule has 0 saturated heterocycles. The van der Waals surface area contributed by atoms with Crippen LogP contribution in [0.3, 0.4) is 0 Å². The van der Waals surface area contributed by atoms with Gasteiger partial charge in [-0.05, 0) is 41.8 Å². The number of nitrogens with one attached hydrogen (secondary N) is 2. The number of carbonyl (C=O) groups excluding carboxylic acids is 2. The first kappa shape index (κ1) is 16.5. The lowest BCUT2D eigenvalue weighted by Gasteiger charge is -2.09. The fraction of sp³-hybridized carbons (Fsp3) is 0.0476. The minimum absolute atomic E-state index is 0.340. The fourth-order valence-electron chi connectivity index (χ4n) is 2.53. The third kappa shape index (κ3) is 3.93. The number of amides is 2. The highest BCUT2D eigenvalue weighted by Crippen LogP contribution is 2.19. The number of benzene rings is 3. The van der Waals surface area contributed by atoms with Gasteiger partial charge in [0.05, 0.1) is 0 Å². The molecule has 4 nitrogen and oxygen atoms in total. The molecule has 0 aromatic heterocycles. The van der Waals surface area contributed by atoms with E-state index < -0.39 is 0 Å². The van der Waals surface area contributed by atoms with Crippen molar-refractivity contribution < 1.29 is 9.59 Å². The van der Waals surface area contributed by atoms with Crippen molar-refractivity contribution in [2.75, 3.05) is 0 Å². The van der Waals surface area contributed by atoms with Crippen molar-refractivity contribution >= 4 is 11.8 Å². The molecule has 0 aliphatic carbocycles. The standard InChI is InChI=1S/C21H18N2O2/c1-15-7-5-6-10-19(15)21(25)23-22-20(24)18-13-11-17(12-14-18)16-8-3-2-4-9-16/h2-14H,1H3,(H,22,24)(H,23,25). The molecular formula is C21H18N2O2. The summed E-state index contributed by atoms with van der Waals surface area (Å²) in [6, 6.07) is 24.4. The van der Waals surface area contributed by atoms with Gasteiger partial charge in [-0.2, -0.15) is 0 Å². The van der Waals surface area contributed by atoms with Gasteiger partial charge in [0, 0.05) is 11.1 Å². The molecule has 3 aromatic carbocycles. The first-order chi connectivity index (χ1) is 12.1. The van der Waals surface area contributed by atoms with Crippen LogP contribution in [0.25, 0.3) is 11.1 Å². The topological polar surface area (TPSA) is 58.2 Å². The molecule has 0 heterocycles. The lowest BCUT2D eigenvalue weighted by molar-refractivity contribution is 0.0846. The molecular weight excluding hydrogens is 312 g/mol. The Morgan fingerprint density at radius 2 is 1.20 bits per heavy atom. The molecule has 3 rings (SSSR count). The van der Waals surface area contributed by atoms with E-state index in [1.807, 2.05) is 61.5 Å². The molecule has 0 saturated carbocycles. The Morgan fingerprint density at radius 1 is 0.640 bits per heavy atom. The molecule has 2 amide bonds. The summed E-state index contributed by atoms with van der Waals surface area (Å²) in [7, 11) is 0. The zero-order valence-corrected chi connectivity index (χ0v) is 13.8. The van der Waals surface area contributed by atoms with Crippen LogP contribution < -0.4 is 10.9 Å². The minimum atomic E-state index is -0.360. The molecule has 0 aliphatic heterocycles. The van der Waals surface area contributed by atoms with E-state index in [0.29, 0.717) is 11.1 Å². The first-order valence-electron chi connectivity index (χ1n) is 7.97. The maximum atomic E-state index is 12.2. The van der Waals surface area contributed by atoms with E-state index in [0.717, 1.165) is 16.7 Å². The van der Waals surface area contributed by atoms with Gasteiger partial charge in [0.1, 0.15) is 0 Å².